The zero-order chi connectivity index (χ0) is 14.2. The molecule has 0 aliphatic heterocycles. The van der Waals surface area contributed by atoms with Gasteiger partial charge in [-0.3, -0.25) is 0 Å². The van der Waals surface area contributed by atoms with Crippen molar-refractivity contribution in [3.05, 3.63) is 29.6 Å². The van der Waals surface area contributed by atoms with Gasteiger partial charge in [-0.05, 0) is 18.2 Å². The van der Waals surface area contributed by atoms with Crippen LogP contribution in [0.5, 0.6) is 0 Å². The van der Waals surface area contributed by atoms with Gasteiger partial charge in [0.15, 0.2) is 5.82 Å². The summed E-state index contributed by atoms with van der Waals surface area (Å²) in [5.74, 6) is -1.88. The summed E-state index contributed by atoms with van der Waals surface area (Å²) in [7, 11) is 0. The summed E-state index contributed by atoms with van der Waals surface area (Å²) in [5, 5.41) is 0. The van der Waals surface area contributed by atoms with Gasteiger partial charge >= 0.3 is 6.18 Å². The van der Waals surface area contributed by atoms with Crippen molar-refractivity contribution >= 4 is 11.9 Å². The van der Waals surface area contributed by atoms with E-state index in [4.69, 9.17) is 11.5 Å². The summed E-state index contributed by atoms with van der Waals surface area (Å²) in [6.45, 7) is 0. The minimum Gasteiger partial charge on any atom is -0.368 e. The average Bonchev–Trinajstić information content (AvgIpc) is 2.26. The van der Waals surface area contributed by atoms with Crippen molar-refractivity contribution in [1.29, 1.82) is 0 Å². The number of halogens is 4. The molecule has 0 saturated heterocycles. The Bertz CT molecular complexity index is 606. The molecule has 0 fully saturated rings. The molecular weight excluding hydrogens is 266 g/mol. The summed E-state index contributed by atoms with van der Waals surface area (Å²) >= 11 is 0. The molecule has 0 amide bonds. The van der Waals surface area contributed by atoms with Crippen molar-refractivity contribution in [1.82, 2.24) is 15.0 Å². The van der Waals surface area contributed by atoms with E-state index in [1.807, 2.05) is 0 Å². The molecule has 2 rings (SSSR count). The van der Waals surface area contributed by atoms with E-state index >= 15 is 0 Å². The fourth-order valence-electron chi connectivity index (χ4n) is 1.40. The zero-order valence-electron chi connectivity index (χ0n) is 9.24. The Kier molecular flexibility index (Phi) is 2.97. The maximum absolute atomic E-state index is 13.6. The molecule has 0 saturated carbocycles. The van der Waals surface area contributed by atoms with Gasteiger partial charge in [0.25, 0.3) is 0 Å². The number of hydrogen-bond donors (Lipinski definition) is 2. The van der Waals surface area contributed by atoms with Crippen LogP contribution < -0.4 is 11.5 Å². The highest BCUT2D eigenvalue weighted by Crippen LogP contribution is 2.32. The van der Waals surface area contributed by atoms with Crippen LogP contribution in [-0.4, -0.2) is 15.0 Å². The molecule has 0 aliphatic carbocycles. The van der Waals surface area contributed by atoms with Crippen LogP contribution in [0.4, 0.5) is 29.5 Å². The number of nitrogens with zero attached hydrogens (tertiary/aromatic N) is 3. The average molecular weight is 273 g/mol. The Labute approximate surface area is 104 Å². The quantitative estimate of drug-likeness (QED) is 0.774. The van der Waals surface area contributed by atoms with Crippen LogP contribution in [0.15, 0.2) is 18.2 Å². The van der Waals surface area contributed by atoms with Crippen LogP contribution in [0, 0.1) is 5.82 Å². The standard InChI is InChI=1S/C10H7F4N5/c11-6-2-1-4(10(12,13)14)3-5(6)7-17-8(15)19-9(16)18-7/h1-3H,(H4,15,16,17,18,19). The fraction of sp³-hybridized carbons (Fsp3) is 0.100. The van der Waals surface area contributed by atoms with E-state index in [0.29, 0.717) is 18.2 Å². The van der Waals surface area contributed by atoms with Crippen molar-refractivity contribution in [3.63, 3.8) is 0 Å². The molecule has 19 heavy (non-hydrogen) atoms. The molecule has 2 aromatic rings. The first-order chi connectivity index (χ1) is 8.77. The molecule has 0 unspecified atom stereocenters. The normalized spacial score (nSPS) is 11.6. The largest absolute Gasteiger partial charge is 0.416 e. The SMILES string of the molecule is Nc1nc(N)nc(-c2cc(C(F)(F)F)ccc2F)n1. The smallest absolute Gasteiger partial charge is 0.368 e. The van der Waals surface area contributed by atoms with E-state index in [9.17, 15) is 17.6 Å². The van der Waals surface area contributed by atoms with Crippen molar-refractivity contribution in [2.45, 2.75) is 6.18 Å². The lowest BCUT2D eigenvalue weighted by molar-refractivity contribution is -0.137. The molecule has 5 nitrogen and oxygen atoms in total. The van der Waals surface area contributed by atoms with Crippen LogP contribution >= 0.6 is 0 Å². The van der Waals surface area contributed by atoms with Gasteiger partial charge in [0.1, 0.15) is 5.82 Å². The predicted molar refractivity (Wildman–Crippen MR) is 59.0 cm³/mol. The minimum absolute atomic E-state index is 0.306. The van der Waals surface area contributed by atoms with Crippen LogP contribution in [0.2, 0.25) is 0 Å². The van der Waals surface area contributed by atoms with Gasteiger partial charge in [-0.2, -0.15) is 28.1 Å². The second-order valence-corrected chi connectivity index (χ2v) is 3.57. The molecular formula is C10H7F4N5. The van der Waals surface area contributed by atoms with Crippen LogP contribution in [0.25, 0.3) is 11.4 Å². The molecule has 4 N–H and O–H groups in total. The summed E-state index contributed by atoms with van der Waals surface area (Å²) < 4.78 is 51.2. The number of anilines is 2. The maximum atomic E-state index is 13.6. The van der Waals surface area contributed by atoms with Gasteiger partial charge in [-0.15, -0.1) is 0 Å². The van der Waals surface area contributed by atoms with Gasteiger partial charge in [0.05, 0.1) is 11.1 Å². The predicted octanol–water partition coefficient (Wildman–Crippen LogP) is 1.86. The third-order valence-electron chi connectivity index (χ3n) is 2.20. The first kappa shape index (κ1) is 13.0. The summed E-state index contributed by atoms with van der Waals surface area (Å²) in [6, 6.07) is 1.88. The molecule has 0 bridgehead atoms. The minimum atomic E-state index is -4.60. The highest BCUT2D eigenvalue weighted by Gasteiger charge is 2.31. The lowest BCUT2D eigenvalue weighted by atomic mass is 10.1. The third-order valence-corrected chi connectivity index (χ3v) is 2.20. The van der Waals surface area contributed by atoms with Crippen molar-refractivity contribution < 1.29 is 17.6 Å². The highest BCUT2D eigenvalue weighted by molar-refractivity contribution is 5.59. The summed E-state index contributed by atoms with van der Waals surface area (Å²) in [4.78, 5) is 10.6. The Balaban J connectivity index is 2.61. The van der Waals surface area contributed by atoms with Gasteiger partial charge in [-0.25, -0.2) is 4.39 Å². The molecule has 1 aromatic heterocycles. The lowest BCUT2D eigenvalue weighted by Crippen LogP contribution is -2.08. The third kappa shape index (κ3) is 2.69. The molecule has 1 heterocycles. The van der Waals surface area contributed by atoms with E-state index in [0.717, 1.165) is 0 Å². The Morgan fingerprint density at radius 3 is 2.05 bits per heavy atom. The van der Waals surface area contributed by atoms with Gasteiger partial charge in [-0.1, -0.05) is 0 Å². The Morgan fingerprint density at radius 1 is 0.947 bits per heavy atom. The van der Waals surface area contributed by atoms with Crippen molar-refractivity contribution in [2.24, 2.45) is 0 Å². The number of nitrogen functional groups attached to an aromatic ring is 2. The first-order valence-electron chi connectivity index (χ1n) is 4.91. The van der Waals surface area contributed by atoms with Crippen LogP contribution in [-0.2, 0) is 6.18 Å². The second kappa shape index (κ2) is 4.34. The number of benzene rings is 1. The van der Waals surface area contributed by atoms with E-state index < -0.39 is 23.1 Å². The zero-order valence-corrected chi connectivity index (χ0v) is 9.24. The Morgan fingerprint density at radius 2 is 1.53 bits per heavy atom. The summed E-state index contributed by atoms with van der Waals surface area (Å²) in [5.41, 5.74) is 9.09. The van der Waals surface area contributed by atoms with Gasteiger partial charge in [0.2, 0.25) is 11.9 Å². The number of nitrogens with two attached hydrogens (primary N) is 2. The molecule has 9 heteroatoms. The number of aromatic nitrogens is 3. The van der Waals surface area contributed by atoms with E-state index in [-0.39, 0.29) is 17.7 Å². The monoisotopic (exact) mass is 273 g/mol. The molecule has 0 radical (unpaired) electrons. The maximum Gasteiger partial charge on any atom is 0.416 e. The van der Waals surface area contributed by atoms with Gasteiger partial charge < -0.3 is 11.5 Å². The number of alkyl halides is 3. The molecule has 1 aromatic carbocycles. The Hall–Kier alpha value is -2.45. The molecule has 0 spiro atoms. The van der Waals surface area contributed by atoms with Crippen LogP contribution in [0.3, 0.4) is 0 Å². The number of rotatable bonds is 1. The van der Waals surface area contributed by atoms with Crippen LogP contribution in [0.1, 0.15) is 5.56 Å². The van der Waals surface area contributed by atoms with Crippen molar-refractivity contribution in [2.75, 3.05) is 11.5 Å². The second-order valence-electron chi connectivity index (χ2n) is 3.57. The lowest BCUT2D eigenvalue weighted by Gasteiger charge is -2.09. The van der Waals surface area contributed by atoms with Gasteiger partial charge in [0, 0.05) is 0 Å². The molecule has 0 atom stereocenters. The van der Waals surface area contributed by atoms with E-state index in [2.05, 4.69) is 15.0 Å². The van der Waals surface area contributed by atoms with Crippen molar-refractivity contribution in [3.8, 4) is 11.4 Å². The van der Waals surface area contributed by atoms with E-state index in [1.165, 1.54) is 0 Å². The van der Waals surface area contributed by atoms with E-state index in [1.54, 1.807) is 0 Å². The number of hydrogen-bond acceptors (Lipinski definition) is 5. The molecule has 0 aliphatic rings. The molecule has 100 valence electrons. The summed E-state index contributed by atoms with van der Waals surface area (Å²) in [6.07, 6.45) is -4.60. The first-order valence-corrected chi connectivity index (χ1v) is 4.91. The topological polar surface area (TPSA) is 90.7 Å². The fourth-order valence-corrected chi connectivity index (χ4v) is 1.40. The highest BCUT2D eigenvalue weighted by atomic mass is 19.4.